The Hall–Kier alpha value is -1.03. The topological polar surface area (TPSA) is 44.1 Å². The molecule has 0 unspecified atom stereocenters. The lowest BCUT2D eigenvalue weighted by atomic mass is 10.4. The van der Waals surface area contributed by atoms with Crippen LogP contribution in [-0.4, -0.2) is 22.9 Å². The molecule has 0 saturated carbocycles. The average molecular weight is 203 g/mol. The van der Waals surface area contributed by atoms with Crippen molar-refractivity contribution in [2.75, 3.05) is 7.11 Å². The Morgan fingerprint density at radius 2 is 2.23 bits per heavy atom. The summed E-state index contributed by atoms with van der Waals surface area (Å²) in [6.07, 6.45) is 0. The third-order valence-corrected chi connectivity index (χ3v) is 2.35. The van der Waals surface area contributed by atoms with Crippen molar-refractivity contribution in [3.63, 3.8) is 0 Å². The molecule has 13 heavy (non-hydrogen) atoms. The third-order valence-electron chi connectivity index (χ3n) is 1.80. The third kappa shape index (κ3) is 2.01. The highest BCUT2D eigenvalue weighted by atomic mass is 35.5. The van der Waals surface area contributed by atoms with Crippen LogP contribution >= 0.6 is 11.6 Å². The van der Waals surface area contributed by atoms with Crippen molar-refractivity contribution in [1.29, 1.82) is 0 Å². The fourth-order valence-corrected chi connectivity index (χ4v) is 1.15. The van der Waals surface area contributed by atoms with Crippen molar-refractivity contribution >= 4 is 17.6 Å². The summed E-state index contributed by atoms with van der Waals surface area (Å²) in [6.45, 7) is 3.71. The largest absolute Gasteiger partial charge is 0.468 e. The van der Waals surface area contributed by atoms with Gasteiger partial charge in [0.2, 0.25) is 0 Å². The van der Waals surface area contributed by atoms with Gasteiger partial charge in [-0.2, -0.15) is 5.10 Å². The molecular formula is C8H11ClN2O2. The van der Waals surface area contributed by atoms with Crippen LogP contribution in [-0.2, 0) is 16.1 Å². The lowest BCUT2D eigenvalue weighted by Gasteiger charge is -2.01. The van der Waals surface area contributed by atoms with Crippen LogP contribution in [0.4, 0.5) is 0 Å². The zero-order chi connectivity index (χ0) is 10.0. The van der Waals surface area contributed by atoms with Gasteiger partial charge in [-0.3, -0.25) is 9.48 Å². The standard InChI is InChI=1S/C8H11ClN2O2/c1-5-8(9)6(2)11(10-5)4-7(12)13-3/h4H2,1-3H3. The summed E-state index contributed by atoms with van der Waals surface area (Å²) >= 11 is 5.89. The van der Waals surface area contributed by atoms with E-state index in [-0.39, 0.29) is 12.5 Å². The van der Waals surface area contributed by atoms with Gasteiger partial charge in [-0.25, -0.2) is 0 Å². The van der Waals surface area contributed by atoms with Crippen molar-refractivity contribution in [1.82, 2.24) is 9.78 Å². The van der Waals surface area contributed by atoms with Crippen LogP contribution in [0.3, 0.4) is 0 Å². The molecule has 1 rings (SSSR count). The number of aromatic nitrogens is 2. The average Bonchev–Trinajstić information content (AvgIpc) is 2.34. The fraction of sp³-hybridized carbons (Fsp3) is 0.500. The highest BCUT2D eigenvalue weighted by Crippen LogP contribution is 2.18. The van der Waals surface area contributed by atoms with E-state index in [1.165, 1.54) is 11.8 Å². The van der Waals surface area contributed by atoms with Gasteiger partial charge in [-0.15, -0.1) is 0 Å². The summed E-state index contributed by atoms with van der Waals surface area (Å²) in [5.41, 5.74) is 1.51. The van der Waals surface area contributed by atoms with Gasteiger partial charge in [0.15, 0.2) is 0 Å². The Bertz CT molecular complexity index is 333. The van der Waals surface area contributed by atoms with Crippen molar-refractivity contribution in [2.24, 2.45) is 0 Å². The van der Waals surface area contributed by atoms with E-state index in [2.05, 4.69) is 9.84 Å². The lowest BCUT2D eigenvalue weighted by Crippen LogP contribution is -2.13. The molecule has 4 nitrogen and oxygen atoms in total. The maximum Gasteiger partial charge on any atom is 0.327 e. The molecule has 0 N–H and O–H groups in total. The van der Waals surface area contributed by atoms with E-state index in [4.69, 9.17) is 11.6 Å². The van der Waals surface area contributed by atoms with Gasteiger partial charge < -0.3 is 4.74 Å². The number of nitrogens with zero attached hydrogens (tertiary/aromatic N) is 2. The summed E-state index contributed by atoms with van der Waals surface area (Å²) in [7, 11) is 1.34. The van der Waals surface area contributed by atoms with Crippen LogP contribution in [0, 0.1) is 13.8 Å². The van der Waals surface area contributed by atoms with Gasteiger partial charge in [0.25, 0.3) is 0 Å². The first kappa shape index (κ1) is 10.1. The van der Waals surface area contributed by atoms with E-state index in [1.807, 2.05) is 6.92 Å². The summed E-state index contributed by atoms with van der Waals surface area (Å²) in [6, 6.07) is 0. The minimum absolute atomic E-state index is 0.107. The number of methoxy groups -OCH3 is 1. The van der Waals surface area contributed by atoms with E-state index < -0.39 is 0 Å². The quantitative estimate of drug-likeness (QED) is 0.680. The normalized spacial score (nSPS) is 10.2. The lowest BCUT2D eigenvalue weighted by molar-refractivity contribution is -0.141. The van der Waals surface area contributed by atoms with Crippen LogP contribution in [0.15, 0.2) is 0 Å². The molecule has 0 aliphatic rings. The van der Waals surface area contributed by atoms with E-state index in [9.17, 15) is 4.79 Å². The zero-order valence-corrected chi connectivity index (χ0v) is 8.55. The molecule has 1 heterocycles. The number of halogens is 1. The van der Waals surface area contributed by atoms with E-state index in [0.717, 1.165) is 11.4 Å². The Kier molecular flexibility index (Phi) is 2.93. The molecule has 0 bridgehead atoms. The van der Waals surface area contributed by atoms with Crippen molar-refractivity contribution in [3.05, 3.63) is 16.4 Å². The molecule has 0 saturated heterocycles. The maximum absolute atomic E-state index is 10.9. The second-order valence-corrected chi connectivity index (χ2v) is 3.10. The van der Waals surface area contributed by atoms with Gasteiger partial charge in [0.1, 0.15) is 6.54 Å². The first-order valence-electron chi connectivity index (χ1n) is 3.82. The van der Waals surface area contributed by atoms with Crippen molar-refractivity contribution < 1.29 is 9.53 Å². The minimum Gasteiger partial charge on any atom is -0.468 e. The summed E-state index contributed by atoms with van der Waals surface area (Å²) in [5.74, 6) is -0.331. The molecule has 0 aliphatic carbocycles. The number of esters is 1. The molecule has 0 fully saturated rings. The van der Waals surface area contributed by atoms with Crippen molar-refractivity contribution in [2.45, 2.75) is 20.4 Å². The maximum atomic E-state index is 10.9. The Labute approximate surface area is 81.4 Å². The molecule has 0 spiro atoms. The summed E-state index contributed by atoms with van der Waals surface area (Å²) in [4.78, 5) is 10.9. The molecule has 0 radical (unpaired) electrons. The molecule has 72 valence electrons. The van der Waals surface area contributed by atoms with Crippen LogP contribution in [0.2, 0.25) is 5.02 Å². The molecule has 1 aromatic rings. The van der Waals surface area contributed by atoms with E-state index in [1.54, 1.807) is 6.92 Å². The second kappa shape index (κ2) is 3.79. The number of hydrogen-bond acceptors (Lipinski definition) is 3. The van der Waals surface area contributed by atoms with Gasteiger partial charge in [-0.1, -0.05) is 11.6 Å². The molecule has 1 aromatic heterocycles. The predicted molar refractivity (Wildman–Crippen MR) is 48.7 cm³/mol. The highest BCUT2D eigenvalue weighted by Gasteiger charge is 2.11. The fourth-order valence-electron chi connectivity index (χ4n) is 1.02. The Morgan fingerprint density at radius 1 is 1.62 bits per heavy atom. The van der Waals surface area contributed by atoms with Crippen LogP contribution < -0.4 is 0 Å². The smallest absolute Gasteiger partial charge is 0.327 e. The number of hydrogen-bond donors (Lipinski definition) is 0. The molecule has 0 aromatic carbocycles. The first-order valence-corrected chi connectivity index (χ1v) is 4.20. The molecular weight excluding hydrogens is 192 g/mol. The number of carbonyl (C=O) groups is 1. The second-order valence-electron chi connectivity index (χ2n) is 2.72. The van der Waals surface area contributed by atoms with Crippen LogP contribution in [0.1, 0.15) is 11.4 Å². The van der Waals surface area contributed by atoms with Gasteiger partial charge in [0.05, 0.1) is 23.5 Å². The number of carbonyl (C=O) groups excluding carboxylic acids is 1. The van der Waals surface area contributed by atoms with Gasteiger partial charge in [-0.05, 0) is 13.8 Å². The predicted octanol–water partition coefficient (Wildman–Crippen LogP) is 1.33. The highest BCUT2D eigenvalue weighted by molar-refractivity contribution is 6.31. The van der Waals surface area contributed by atoms with E-state index in [0.29, 0.717) is 5.02 Å². The number of rotatable bonds is 2. The van der Waals surface area contributed by atoms with Crippen molar-refractivity contribution in [3.8, 4) is 0 Å². The monoisotopic (exact) mass is 202 g/mol. The molecule has 0 atom stereocenters. The van der Waals surface area contributed by atoms with Crippen LogP contribution in [0.5, 0.6) is 0 Å². The molecule has 0 amide bonds. The first-order chi connectivity index (χ1) is 6.06. The SMILES string of the molecule is COC(=O)Cn1nc(C)c(Cl)c1C. The van der Waals surface area contributed by atoms with Crippen LogP contribution in [0.25, 0.3) is 0 Å². The summed E-state index contributed by atoms with van der Waals surface area (Å²) in [5, 5.41) is 4.68. The zero-order valence-electron chi connectivity index (χ0n) is 7.80. The molecule has 0 aliphatic heterocycles. The Morgan fingerprint density at radius 3 is 2.62 bits per heavy atom. The van der Waals surface area contributed by atoms with Gasteiger partial charge in [0, 0.05) is 0 Å². The Balaban J connectivity index is 2.90. The van der Waals surface area contributed by atoms with E-state index >= 15 is 0 Å². The molecule has 5 heteroatoms. The van der Waals surface area contributed by atoms with Gasteiger partial charge >= 0.3 is 5.97 Å². The minimum atomic E-state index is -0.331. The summed E-state index contributed by atoms with van der Waals surface area (Å²) < 4.78 is 6.05. The number of aryl methyl sites for hydroxylation is 1. The number of ether oxygens (including phenoxy) is 1.